The van der Waals surface area contributed by atoms with Crippen LogP contribution in [0.15, 0.2) is 12.3 Å². The fraction of sp³-hybridized carbons (Fsp3) is 0.143. The molecule has 0 spiro atoms. The van der Waals surface area contributed by atoms with Crippen LogP contribution in [0.3, 0.4) is 0 Å². The number of ketones is 1. The predicted octanol–water partition coefficient (Wildman–Crippen LogP) is 1.78. The molecule has 0 amide bonds. The fourth-order valence-corrected chi connectivity index (χ4v) is 0.843. The van der Waals surface area contributed by atoms with Crippen LogP contribution in [0.25, 0.3) is 0 Å². The van der Waals surface area contributed by atoms with Crippen molar-refractivity contribution in [1.82, 2.24) is 4.98 Å². The molecule has 64 valence electrons. The summed E-state index contributed by atoms with van der Waals surface area (Å²) in [6.07, 6.45) is 0.648. The number of aromatic nitrogens is 1. The first kappa shape index (κ1) is 9.06. The molecular weight excluding hydrogens is 188 g/mol. The van der Waals surface area contributed by atoms with Gasteiger partial charge >= 0.3 is 0 Å². The quantitative estimate of drug-likeness (QED) is 0.405. The zero-order chi connectivity index (χ0) is 9.14. The van der Waals surface area contributed by atoms with Gasteiger partial charge < -0.3 is 0 Å². The van der Waals surface area contributed by atoms with Crippen LogP contribution in [-0.4, -0.2) is 16.6 Å². The summed E-state index contributed by atoms with van der Waals surface area (Å²) in [5.41, 5.74) is -0.363. The highest BCUT2D eigenvalue weighted by atomic mass is 35.5. The van der Waals surface area contributed by atoms with Crippen molar-refractivity contribution in [2.24, 2.45) is 0 Å². The van der Waals surface area contributed by atoms with E-state index >= 15 is 0 Å². The minimum Gasteiger partial charge on any atom is -0.293 e. The summed E-state index contributed by atoms with van der Waals surface area (Å²) in [5.74, 6) is -2.79. The summed E-state index contributed by atoms with van der Waals surface area (Å²) in [6.45, 7) is 0. The van der Waals surface area contributed by atoms with Crippen LogP contribution in [0.1, 0.15) is 10.4 Å². The highest BCUT2D eigenvalue weighted by Gasteiger charge is 2.11. The molecule has 0 aliphatic heterocycles. The summed E-state index contributed by atoms with van der Waals surface area (Å²) >= 11 is 5.15. The number of nitrogens with zero attached hydrogens (tertiary/aromatic N) is 1. The second-order valence-corrected chi connectivity index (χ2v) is 2.31. The third-order valence-corrected chi connectivity index (χ3v) is 1.49. The molecule has 0 saturated carbocycles. The Morgan fingerprint density at radius 3 is 2.83 bits per heavy atom. The van der Waals surface area contributed by atoms with E-state index in [9.17, 15) is 13.6 Å². The topological polar surface area (TPSA) is 30.0 Å². The second-order valence-electron chi connectivity index (χ2n) is 2.04. The molecule has 0 fully saturated rings. The van der Waals surface area contributed by atoms with E-state index in [-0.39, 0.29) is 11.4 Å². The minimum absolute atomic E-state index is 0.363. The molecule has 0 radical (unpaired) electrons. The fourth-order valence-electron chi connectivity index (χ4n) is 0.699. The molecule has 1 aromatic heterocycles. The zero-order valence-electron chi connectivity index (χ0n) is 5.85. The van der Waals surface area contributed by atoms with Gasteiger partial charge in [0.1, 0.15) is 0 Å². The van der Waals surface area contributed by atoms with Gasteiger partial charge in [-0.2, -0.15) is 4.39 Å². The normalized spacial score (nSPS) is 9.92. The van der Waals surface area contributed by atoms with Gasteiger partial charge in [0.15, 0.2) is 11.6 Å². The number of pyridine rings is 1. The highest BCUT2D eigenvalue weighted by Crippen LogP contribution is 2.08. The van der Waals surface area contributed by atoms with Gasteiger partial charge in [-0.1, -0.05) is 0 Å². The molecule has 1 rings (SSSR count). The van der Waals surface area contributed by atoms with Crippen molar-refractivity contribution in [2.45, 2.75) is 0 Å². The number of carbonyl (C=O) groups is 1. The SMILES string of the molecule is O=C(CCl)c1cc(F)ncc1F. The molecule has 5 heteroatoms. The maximum atomic E-state index is 12.7. The van der Waals surface area contributed by atoms with Gasteiger partial charge in [-0.25, -0.2) is 9.37 Å². The number of hydrogen-bond donors (Lipinski definition) is 0. The summed E-state index contributed by atoms with van der Waals surface area (Å²) < 4.78 is 25.1. The van der Waals surface area contributed by atoms with Crippen molar-refractivity contribution in [3.05, 3.63) is 29.6 Å². The maximum Gasteiger partial charge on any atom is 0.213 e. The van der Waals surface area contributed by atoms with Crippen LogP contribution in [0.4, 0.5) is 8.78 Å². The molecule has 0 aliphatic rings. The Morgan fingerprint density at radius 2 is 2.25 bits per heavy atom. The van der Waals surface area contributed by atoms with Gasteiger partial charge in [0.25, 0.3) is 0 Å². The van der Waals surface area contributed by atoms with Crippen LogP contribution in [0.5, 0.6) is 0 Å². The Kier molecular flexibility index (Phi) is 2.70. The molecular formula is C7H4ClF2NO. The van der Waals surface area contributed by atoms with Crippen molar-refractivity contribution >= 4 is 17.4 Å². The van der Waals surface area contributed by atoms with Gasteiger partial charge in [0.2, 0.25) is 5.95 Å². The standard InChI is InChI=1S/C7H4ClF2NO/c8-2-6(12)4-1-7(10)11-3-5(4)9/h1,3H,2H2. The van der Waals surface area contributed by atoms with Crippen molar-refractivity contribution in [3.8, 4) is 0 Å². The summed E-state index contributed by atoms with van der Waals surface area (Å²) in [6, 6.07) is 0.722. The lowest BCUT2D eigenvalue weighted by Gasteiger charge is -1.97. The van der Waals surface area contributed by atoms with Gasteiger partial charge in [-0.3, -0.25) is 4.79 Å². The Hall–Kier alpha value is -1.03. The van der Waals surface area contributed by atoms with Crippen molar-refractivity contribution in [3.63, 3.8) is 0 Å². The molecule has 0 aromatic carbocycles. The predicted molar refractivity (Wildman–Crippen MR) is 39.2 cm³/mol. The number of rotatable bonds is 2. The molecule has 1 heterocycles. The van der Waals surface area contributed by atoms with E-state index in [4.69, 9.17) is 11.6 Å². The number of hydrogen-bond acceptors (Lipinski definition) is 2. The second kappa shape index (κ2) is 3.58. The smallest absolute Gasteiger partial charge is 0.213 e. The lowest BCUT2D eigenvalue weighted by atomic mass is 10.2. The van der Waals surface area contributed by atoms with E-state index in [0.29, 0.717) is 6.20 Å². The number of carbonyl (C=O) groups excluding carboxylic acids is 1. The monoisotopic (exact) mass is 191 g/mol. The first-order chi connectivity index (χ1) is 5.65. The molecule has 1 aromatic rings. The van der Waals surface area contributed by atoms with Crippen LogP contribution < -0.4 is 0 Å². The lowest BCUT2D eigenvalue weighted by Crippen LogP contribution is -2.05. The number of halogens is 3. The summed E-state index contributed by atoms with van der Waals surface area (Å²) in [4.78, 5) is 13.8. The third kappa shape index (κ3) is 1.76. The molecule has 12 heavy (non-hydrogen) atoms. The van der Waals surface area contributed by atoms with Gasteiger partial charge in [0.05, 0.1) is 17.6 Å². The van der Waals surface area contributed by atoms with Crippen LogP contribution in [0, 0.1) is 11.8 Å². The van der Waals surface area contributed by atoms with Gasteiger partial charge in [-0.15, -0.1) is 11.6 Å². The Morgan fingerprint density at radius 1 is 1.58 bits per heavy atom. The average molecular weight is 192 g/mol. The van der Waals surface area contributed by atoms with Crippen molar-refractivity contribution in [2.75, 3.05) is 5.88 Å². The Bertz CT molecular complexity index is 316. The molecule has 0 unspecified atom stereocenters. The van der Waals surface area contributed by atoms with Gasteiger partial charge in [0, 0.05) is 6.07 Å². The molecule has 2 nitrogen and oxygen atoms in total. The van der Waals surface area contributed by atoms with E-state index in [1.807, 2.05) is 0 Å². The molecule has 0 N–H and O–H groups in total. The maximum absolute atomic E-state index is 12.7. The first-order valence-electron chi connectivity index (χ1n) is 3.05. The summed E-state index contributed by atoms with van der Waals surface area (Å²) in [5, 5.41) is 0. The zero-order valence-corrected chi connectivity index (χ0v) is 6.61. The molecule has 0 bridgehead atoms. The minimum atomic E-state index is -0.898. The van der Waals surface area contributed by atoms with E-state index in [2.05, 4.69) is 4.98 Å². The van der Waals surface area contributed by atoms with Crippen LogP contribution >= 0.6 is 11.6 Å². The Labute approximate surface area is 72.2 Å². The average Bonchev–Trinajstić information content (AvgIpc) is 2.08. The number of Topliss-reactive ketones (excluding diaryl/α,β-unsaturated/α-hetero) is 1. The van der Waals surface area contributed by atoms with Crippen molar-refractivity contribution < 1.29 is 13.6 Å². The van der Waals surface area contributed by atoms with Crippen molar-refractivity contribution in [1.29, 1.82) is 0 Å². The van der Waals surface area contributed by atoms with E-state index < -0.39 is 17.5 Å². The Balaban J connectivity index is 3.13. The van der Waals surface area contributed by atoms with Gasteiger partial charge in [-0.05, 0) is 0 Å². The molecule has 0 aliphatic carbocycles. The van der Waals surface area contributed by atoms with Crippen LogP contribution in [-0.2, 0) is 0 Å². The highest BCUT2D eigenvalue weighted by molar-refractivity contribution is 6.30. The van der Waals surface area contributed by atoms with E-state index in [1.54, 1.807) is 0 Å². The third-order valence-electron chi connectivity index (χ3n) is 1.24. The van der Waals surface area contributed by atoms with E-state index in [1.165, 1.54) is 0 Å². The molecule has 0 saturated heterocycles. The molecule has 0 atom stereocenters. The summed E-state index contributed by atoms with van der Waals surface area (Å²) in [7, 11) is 0. The number of alkyl halides is 1. The van der Waals surface area contributed by atoms with E-state index in [0.717, 1.165) is 6.07 Å². The lowest BCUT2D eigenvalue weighted by molar-refractivity contribution is 0.101. The van der Waals surface area contributed by atoms with Crippen LogP contribution in [0.2, 0.25) is 0 Å². The largest absolute Gasteiger partial charge is 0.293 e. The first-order valence-corrected chi connectivity index (χ1v) is 3.59.